The third kappa shape index (κ3) is 4.55. The number of tetrazole rings is 1. The fourth-order valence-corrected chi connectivity index (χ4v) is 2.45. The Bertz CT molecular complexity index is 1200. The number of nitrogens with zero attached hydrogens (tertiary/aromatic N) is 5. The molecule has 0 aliphatic rings. The fourth-order valence-electron chi connectivity index (χ4n) is 2.45. The van der Waals surface area contributed by atoms with Crippen molar-refractivity contribution in [2.45, 2.75) is 6.18 Å². The van der Waals surface area contributed by atoms with E-state index >= 15 is 0 Å². The molecule has 0 unspecified atom stereocenters. The van der Waals surface area contributed by atoms with Gasteiger partial charge < -0.3 is 10.1 Å². The second kappa shape index (κ2) is 7.93. The highest BCUT2D eigenvalue weighted by atomic mass is 19.4. The molecule has 0 aliphatic carbocycles. The third-order valence-corrected chi connectivity index (χ3v) is 3.91. The minimum absolute atomic E-state index is 0.170. The molecule has 0 saturated carbocycles. The van der Waals surface area contributed by atoms with Gasteiger partial charge in [-0.05, 0) is 35.5 Å². The van der Waals surface area contributed by atoms with E-state index in [1.165, 1.54) is 12.3 Å². The molecule has 13 heteroatoms. The maximum atomic E-state index is 13.9. The normalized spacial score (nSPS) is 11.4. The van der Waals surface area contributed by atoms with Crippen molar-refractivity contribution in [3.63, 3.8) is 0 Å². The first-order valence-electron chi connectivity index (χ1n) is 8.46. The van der Waals surface area contributed by atoms with Gasteiger partial charge in [0.1, 0.15) is 11.6 Å². The van der Waals surface area contributed by atoms with Gasteiger partial charge in [-0.3, -0.25) is 0 Å². The Balaban J connectivity index is 1.66. The Morgan fingerprint density at radius 1 is 0.935 bits per heavy atom. The van der Waals surface area contributed by atoms with Crippen LogP contribution in [0.15, 0.2) is 48.8 Å². The molecule has 0 aliphatic heterocycles. The molecule has 31 heavy (non-hydrogen) atoms. The molecule has 0 bridgehead atoms. The van der Waals surface area contributed by atoms with Crippen LogP contribution in [0.5, 0.6) is 11.5 Å². The molecule has 4 aromatic rings. The van der Waals surface area contributed by atoms with Crippen molar-refractivity contribution in [3.8, 4) is 22.9 Å². The Labute approximate surface area is 170 Å². The van der Waals surface area contributed by atoms with E-state index in [2.05, 4.69) is 35.9 Å². The summed E-state index contributed by atoms with van der Waals surface area (Å²) in [7, 11) is 0. The van der Waals surface area contributed by atoms with Crippen LogP contribution in [0.4, 0.5) is 33.6 Å². The number of hydrogen-bond acceptors (Lipinski definition) is 7. The zero-order chi connectivity index (χ0) is 22.0. The third-order valence-electron chi connectivity index (χ3n) is 3.91. The van der Waals surface area contributed by atoms with Crippen LogP contribution in [0, 0.1) is 11.6 Å². The van der Waals surface area contributed by atoms with Gasteiger partial charge in [-0.2, -0.15) is 18.4 Å². The number of halogens is 5. The lowest BCUT2D eigenvalue weighted by atomic mass is 10.2. The van der Waals surface area contributed by atoms with Gasteiger partial charge in [-0.25, -0.2) is 18.7 Å². The number of benzene rings is 1. The lowest BCUT2D eigenvalue weighted by Gasteiger charge is -2.15. The topological polar surface area (TPSA) is 102 Å². The zero-order valence-electron chi connectivity index (χ0n) is 15.2. The minimum atomic E-state index is -4.71. The van der Waals surface area contributed by atoms with E-state index in [0.29, 0.717) is 29.7 Å². The van der Waals surface area contributed by atoms with E-state index in [0.717, 1.165) is 12.1 Å². The molecule has 158 valence electrons. The number of nitrogens with one attached hydrogen (secondary N) is 2. The molecular formula is C18H10F5N7O. The summed E-state index contributed by atoms with van der Waals surface area (Å²) >= 11 is 0. The summed E-state index contributed by atoms with van der Waals surface area (Å²) in [5.74, 6) is -2.56. The average Bonchev–Trinajstić information content (AvgIpc) is 3.26. The molecule has 0 amide bonds. The second-order valence-corrected chi connectivity index (χ2v) is 6.04. The number of anilines is 2. The molecule has 0 spiro atoms. The van der Waals surface area contributed by atoms with Crippen molar-refractivity contribution in [2.24, 2.45) is 0 Å². The number of ether oxygens (including phenoxy) is 1. The molecule has 2 N–H and O–H groups in total. The van der Waals surface area contributed by atoms with Crippen LogP contribution in [0.3, 0.4) is 0 Å². The highest BCUT2D eigenvalue weighted by Gasteiger charge is 2.32. The van der Waals surface area contributed by atoms with Crippen LogP contribution in [-0.2, 0) is 6.18 Å². The van der Waals surface area contributed by atoms with Crippen molar-refractivity contribution >= 4 is 11.6 Å². The first-order valence-corrected chi connectivity index (χ1v) is 8.46. The molecule has 1 aromatic carbocycles. The summed E-state index contributed by atoms with van der Waals surface area (Å²) in [6.45, 7) is 0. The second-order valence-electron chi connectivity index (χ2n) is 6.04. The van der Waals surface area contributed by atoms with E-state index in [4.69, 9.17) is 4.74 Å². The summed E-state index contributed by atoms with van der Waals surface area (Å²) in [6, 6.07) is 6.13. The monoisotopic (exact) mass is 435 g/mol. The van der Waals surface area contributed by atoms with Gasteiger partial charge >= 0.3 is 6.18 Å². The van der Waals surface area contributed by atoms with Crippen LogP contribution < -0.4 is 10.1 Å². The number of alkyl halides is 3. The van der Waals surface area contributed by atoms with E-state index < -0.39 is 34.9 Å². The highest BCUT2D eigenvalue weighted by molar-refractivity contribution is 5.63. The molecule has 0 atom stereocenters. The summed E-state index contributed by atoms with van der Waals surface area (Å²) < 4.78 is 71.6. The van der Waals surface area contributed by atoms with Gasteiger partial charge in [0, 0.05) is 24.0 Å². The van der Waals surface area contributed by atoms with Gasteiger partial charge in [-0.1, -0.05) is 0 Å². The maximum Gasteiger partial charge on any atom is 0.418 e. The number of rotatable bonds is 5. The Morgan fingerprint density at radius 3 is 2.42 bits per heavy atom. The van der Waals surface area contributed by atoms with Gasteiger partial charge in [0.05, 0.1) is 5.56 Å². The van der Waals surface area contributed by atoms with Gasteiger partial charge in [-0.15, -0.1) is 10.2 Å². The molecule has 4 rings (SSSR count). The summed E-state index contributed by atoms with van der Waals surface area (Å²) in [4.78, 5) is 7.83. The van der Waals surface area contributed by atoms with E-state index in [9.17, 15) is 22.0 Å². The first-order chi connectivity index (χ1) is 14.8. The van der Waals surface area contributed by atoms with E-state index in [1.54, 1.807) is 6.07 Å². The van der Waals surface area contributed by atoms with Gasteiger partial charge in [0.25, 0.3) is 0 Å². The van der Waals surface area contributed by atoms with Gasteiger partial charge in [0.15, 0.2) is 23.1 Å². The molecular weight excluding hydrogens is 425 g/mol. The summed E-state index contributed by atoms with van der Waals surface area (Å²) in [5, 5.41) is 16.0. The maximum absolute atomic E-state index is 13.9. The van der Waals surface area contributed by atoms with Crippen molar-refractivity contribution in [3.05, 3.63) is 66.0 Å². The number of aromatic amines is 1. The summed E-state index contributed by atoms with van der Waals surface area (Å²) in [6.07, 6.45) is -2.73. The van der Waals surface area contributed by atoms with Crippen molar-refractivity contribution < 1.29 is 26.7 Å². The van der Waals surface area contributed by atoms with Crippen molar-refractivity contribution in [2.75, 3.05) is 5.32 Å². The molecule has 0 saturated heterocycles. The number of hydrogen-bond donors (Lipinski definition) is 2. The standard InChI is InChI=1S/C18H10F5N7O/c19-11-2-3-13(12(20)6-11)31-14-5-10(18(21,22)23)8-25-17(14)26-15-4-1-9(7-24-15)16-27-29-30-28-16/h1-8H,(H,24,25,26)(H,27,28,29,30). The largest absolute Gasteiger partial charge is 0.450 e. The Morgan fingerprint density at radius 2 is 1.77 bits per heavy atom. The Kier molecular flexibility index (Phi) is 5.15. The van der Waals surface area contributed by atoms with Gasteiger partial charge in [0.2, 0.25) is 5.82 Å². The van der Waals surface area contributed by atoms with Crippen LogP contribution in [-0.4, -0.2) is 30.6 Å². The summed E-state index contributed by atoms with van der Waals surface area (Å²) in [5.41, 5.74) is -0.583. The lowest BCUT2D eigenvalue weighted by Crippen LogP contribution is -2.08. The Hall–Kier alpha value is -4.16. The predicted molar refractivity (Wildman–Crippen MR) is 96.4 cm³/mol. The number of H-pyrrole nitrogens is 1. The van der Waals surface area contributed by atoms with Crippen molar-refractivity contribution in [1.29, 1.82) is 0 Å². The number of pyridine rings is 2. The molecule has 3 aromatic heterocycles. The van der Waals surface area contributed by atoms with Crippen LogP contribution >= 0.6 is 0 Å². The highest BCUT2D eigenvalue weighted by Crippen LogP contribution is 2.37. The van der Waals surface area contributed by atoms with E-state index in [1.807, 2.05) is 0 Å². The zero-order valence-corrected chi connectivity index (χ0v) is 15.2. The molecule has 0 fully saturated rings. The fraction of sp³-hybridized carbons (Fsp3) is 0.0556. The molecule has 8 nitrogen and oxygen atoms in total. The lowest BCUT2D eigenvalue weighted by molar-refractivity contribution is -0.137. The van der Waals surface area contributed by atoms with E-state index in [-0.39, 0.29) is 11.6 Å². The van der Waals surface area contributed by atoms with Crippen LogP contribution in [0.25, 0.3) is 11.4 Å². The first kappa shape index (κ1) is 20.1. The van der Waals surface area contributed by atoms with Crippen LogP contribution in [0.1, 0.15) is 5.56 Å². The average molecular weight is 435 g/mol. The minimum Gasteiger partial charge on any atom is -0.450 e. The van der Waals surface area contributed by atoms with Crippen molar-refractivity contribution in [1.82, 2.24) is 30.6 Å². The molecule has 0 radical (unpaired) electrons. The molecule has 3 heterocycles. The SMILES string of the molecule is Fc1ccc(Oc2cc(C(F)(F)F)cnc2Nc2ccc(-c3nn[nH]n3)cn2)c(F)c1. The van der Waals surface area contributed by atoms with Crippen LogP contribution in [0.2, 0.25) is 0 Å². The number of aromatic nitrogens is 6. The quantitative estimate of drug-likeness (QED) is 0.446. The smallest absolute Gasteiger partial charge is 0.418 e. The predicted octanol–water partition coefficient (Wildman–Crippen LogP) is 4.49.